The van der Waals surface area contributed by atoms with Crippen molar-refractivity contribution in [1.82, 2.24) is 9.88 Å². The van der Waals surface area contributed by atoms with Crippen LogP contribution in [0, 0.1) is 18.3 Å². The molecule has 2 aromatic carbocycles. The molecule has 212 valence electrons. The van der Waals surface area contributed by atoms with Crippen molar-refractivity contribution in [3.63, 3.8) is 0 Å². The van der Waals surface area contributed by atoms with Crippen LogP contribution < -0.4 is 11.1 Å². The van der Waals surface area contributed by atoms with Crippen molar-refractivity contribution in [2.24, 2.45) is 5.92 Å². The first kappa shape index (κ1) is 28.1. The van der Waals surface area contributed by atoms with Gasteiger partial charge in [0.2, 0.25) is 5.91 Å². The molecular weight excluding hydrogens is 518 g/mol. The van der Waals surface area contributed by atoms with Gasteiger partial charge in [-0.2, -0.15) is 0 Å². The second kappa shape index (κ2) is 12.4. The van der Waals surface area contributed by atoms with Crippen LogP contribution in [0.15, 0.2) is 66.8 Å². The number of nitrogen functional groups attached to an aromatic ring is 1. The molecule has 3 aromatic rings. The predicted molar refractivity (Wildman–Crippen MR) is 160 cm³/mol. The molecule has 2 heterocycles. The first-order valence-corrected chi connectivity index (χ1v) is 13.8. The summed E-state index contributed by atoms with van der Waals surface area (Å²) in [4.78, 5) is 30.8. The number of aromatic amines is 1. The number of H-pyrrole nitrogens is 1. The van der Waals surface area contributed by atoms with E-state index in [2.05, 4.69) is 10.3 Å². The van der Waals surface area contributed by atoms with Crippen LogP contribution in [0.1, 0.15) is 44.7 Å². The molecule has 1 unspecified atom stereocenters. The number of ether oxygens (including phenoxy) is 1. The number of nitrogens with one attached hydrogen (secondary N) is 3. The maximum atomic E-state index is 12.9. The van der Waals surface area contributed by atoms with E-state index < -0.39 is 0 Å². The number of allylic oxidation sites excluding steroid dienone is 3. The minimum Gasteiger partial charge on any atom is -0.396 e. The van der Waals surface area contributed by atoms with Crippen molar-refractivity contribution in [3.05, 3.63) is 100 Å². The summed E-state index contributed by atoms with van der Waals surface area (Å²) in [6, 6.07) is 14.4. The van der Waals surface area contributed by atoms with E-state index in [1.807, 2.05) is 60.4 Å². The van der Waals surface area contributed by atoms with E-state index in [4.69, 9.17) is 21.0 Å². The van der Waals surface area contributed by atoms with E-state index in [1.54, 1.807) is 18.2 Å². The Hall–Kier alpha value is -4.47. The van der Waals surface area contributed by atoms with Gasteiger partial charge in [-0.1, -0.05) is 42.5 Å². The standard InChI is InChI=1S/C32H35N5O4/c1-20-25(3-2-4-27(20)36-31(39)23-7-5-21(6-8-23)13-16-38)29(33)26-19-28(35-30(26)34)22-9-11-24(12-10-22)32(40)37-14-17-41-18-15-37/h2-11,19,24,33,35,38H,12-18,34H2,1H3,(H,36,39). The number of carbonyl (C=O) groups is 2. The smallest absolute Gasteiger partial charge is 0.255 e. The highest BCUT2D eigenvalue weighted by molar-refractivity contribution is 6.16. The molecule has 0 spiro atoms. The van der Waals surface area contributed by atoms with E-state index in [9.17, 15) is 9.59 Å². The van der Waals surface area contributed by atoms with E-state index in [1.165, 1.54) is 0 Å². The van der Waals surface area contributed by atoms with Crippen LogP contribution >= 0.6 is 0 Å². The lowest BCUT2D eigenvalue weighted by Crippen LogP contribution is -2.43. The lowest BCUT2D eigenvalue weighted by molar-refractivity contribution is -0.138. The zero-order valence-electron chi connectivity index (χ0n) is 23.1. The molecular formula is C32H35N5O4. The van der Waals surface area contributed by atoms with Crippen molar-refractivity contribution in [1.29, 1.82) is 5.41 Å². The summed E-state index contributed by atoms with van der Waals surface area (Å²) in [6.07, 6.45) is 7.03. The highest BCUT2D eigenvalue weighted by atomic mass is 16.5. The van der Waals surface area contributed by atoms with Gasteiger partial charge in [-0.3, -0.25) is 15.0 Å². The number of anilines is 2. The largest absolute Gasteiger partial charge is 0.396 e. The van der Waals surface area contributed by atoms with Gasteiger partial charge in [0.25, 0.3) is 5.91 Å². The van der Waals surface area contributed by atoms with Crippen LogP contribution in [0.5, 0.6) is 0 Å². The molecule has 41 heavy (non-hydrogen) atoms. The zero-order chi connectivity index (χ0) is 28.9. The Bertz CT molecular complexity index is 1510. The highest BCUT2D eigenvalue weighted by Crippen LogP contribution is 2.30. The number of amides is 2. The van der Waals surface area contributed by atoms with Gasteiger partial charge in [0.1, 0.15) is 5.82 Å². The minimum atomic E-state index is -0.253. The van der Waals surface area contributed by atoms with Crippen LogP contribution in [0.3, 0.4) is 0 Å². The average molecular weight is 554 g/mol. The molecule has 0 radical (unpaired) electrons. The van der Waals surface area contributed by atoms with Crippen LogP contribution in [-0.4, -0.2) is 65.4 Å². The Morgan fingerprint density at radius 2 is 1.90 bits per heavy atom. The van der Waals surface area contributed by atoms with Crippen molar-refractivity contribution in [2.45, 2.75) is 19.8 Å². The molecule has 1 saturated heterocycles. The van der Waals surface area contributed by atoms with E-state index in [0.717, 1.165) is 22.4 Å². The molecule has 6 N–H and O–H groups in total. The maximum Gasteiger partial charge on any atom is 0.255 e. The maximum absolute atomic E-state index is 12.9. The number of hydrogen-bond donors (Lipinski definition) is 5. The van der Waals surface area contributed by atoms with Crippen LogP contribution in [0.4, 0.5) is 11.5 Å². The van der Waals surface area contributed by atoms with Gasteiger partial charge in [0.05, 0.1) is 24.8 Å². The van der Waals surface area contributed by atoms with E-state index in [0.29, 0.717) is 67.3 Å². The lowest BCUT2D eigenvalue weighted by atomic mass is 9.93. The number of hydrogen-bond acceptors (Lipinski definition) is 6. The molecule has 1 aromatic heterocycles. The molecule has 1 aliphatic carbocycles. The lowest BCUT2D eigenvalue weighted by Gasteiger charge is -2.30. The van der Waals surface area contributed by atoms with Crippen molar-refractivity contribution < 1.29 is 19.4 Å². The van der Waals surface area contributed by atoms with Crippen LogP contribution in [-0.2, 0) is 16.0 Å². The summed E-state index contributed by atoms with van der Waals surface area (Å²) in [5.74, 6) is 0.0512. The fourth-order valence-corrected chi connectivity index (χ4v) is 5.19. The normalized spacial score (nSPS) is 16.8. The number of aliphatic hydroxyl groups is 1. The molecule has 2 amide bonds. The van der Waals surface area contributed by atoms with Gasteiger partial charge in [-0.15, -0.1) is 0 Å². The first-order valence-electron chi connectivity index (χ1n) is 13.8. The van der Waals surface area contributed by atoms with Crippen molar-refractivity contribution >= 4 is 34.6 Å². The Kier molecular flexibility index (Phi) is 8.47. The monoisotopic (exact) mass is 553 g/mol. The Morgan fingerprint density at radius 1 is 1.15 bits per heavy atom. The molecule has 5 rings (SSSR count). The van der Waals surface area contributed by atoms with Crippen LogP contribution in [0.2, 0.25) is 0 Å². The summed E-state index contributed by atoms with van der Waals surface area (Å²) in [5, 5.41) is 21.0. The van der Waals surface area contributed by atoms with Crippen molar-refractivity contribution in [3.8, 4) is 0 Å². The van der Waals surface area contributed by atoms with Gasteiger partial charge in [-0.05, 0) is 60.7 Å². The second-order valence-electron chi connectivity index (χ2n) is 10.3. The van der Waals surface area contributed by atoms with Crippen LogP contribution in [0.25, 0.3) is 5.57 Å². The molecule has 0 saturated carbocycles. The van der Waals surface area contributed by atoms with Gasteiger partial charge in [0, 0.05) is 47.8 Å². The highest BCUT2D eigenvalue weighted by Gasteiger charge is 2.25. The fraction of sp³-hybridized carbons (Fsp3) is 0.281. The summed E-state index contributed by atoms with van der Waals surface area (Å²) < 4.78 is 5.35. The quantitative estimate of drug-likeness (QED) is 0.269. The van der Waals surface area contributed by atoms with E-state index >= 15 is 0 Å². The van der Waals surface area contributed by atoms with Crippen molar-refractivity contribution in [2.75, 3.05) is 44.0 Å². The number of nitrogens with zero attached hydrogens (tertiary/aromatic N) is 1. The average Bonchev–Trinajstić information content (AvgIpc) is 3.40. The minimum absolute atomic E-state index is 0.0573. The van der Waals surface area contributed by atoms with Gasteiger partial charge >= 0.3 is 0 Å². The van der Waals surface area contributed by atoms with E-state index in [-0.39, 0.29) is 30.1 Å². The molecule has 1 fully saturated rings. The number of carbonyl (C=O) groups excluding carboxylic acids is 2. The third-order valence-corrected chi connectivity index (χ3v) is 7.64. The molecule has 1 atom stereocenters. The molecule has 0 bridgehead atoms. The number of benzene rings is 2. The third kappa shape index (κ3) is 6.16. The van der Waals surface area contributed by atoms with Gasteiger partial charge in [0.15, 0.2) is 0 Å². The summed E-state index contributed by atoms with van der Waals surface area (Å²) >= 11 is 0. The molecule has 9 nitrogen and oxygen atoms in total. The number of morpholine rings is 1. The first-order chi connectivity index (χ1) is 19.9. The molecule has 9 heteroatoms. The fourth-order valence-electron chi connectivity index (χ4n) is 5.19. The Labute approximate surface area is 239 Å². The SMILES string of the molecule is Cc1c(NC(=O)c2ccc(CCO)cc2)cccc1C(=N)c1cc(C2=CCC(C(=O)N3CCOCC3)C=C2)[nH]c1N. The number of aliphatic hydroxyl groups excluding tert-OH is 1. The topological polar surface area (TPSA) is 145 Å². The second-order valence-corrected chi connectivity index (χ2v) is 10.3. The number of aromatic nitrogens is 1. The number of rotatable bonds is 8. The Morgan fingerprint density at radius 3 is 2.59 bits per heavy atom. The zero-order valence-corrected chi connectivity index (χ0v) is 23.1. The van der Waals surface area contributed by atoms with Gasteiger partial charge < -0.3 is 30.8 Å². The molecule has 1 aliphatic heterocycles. The predicted octanol–water partition coefficient (Wildman–Crippen LogP) is 3.93. The summed E-state index contributed by atoms with van der Waals surface area (Å²) in [7, 11) is 0. The third-order valence-electron chi connectivity index (χ3n) is 7.64. The van der Waals surface area contributed by atoms with Gasteiger partial charge in [-0.25, -0.2) is 0 Å². The summed E-state index contributed by atoms with van der Waals surface area (Å²) in [6.45, 7) is 4.33. The number of nitrogens with two attached hydrogens (primary N) is 1. The molecule has 2 aliphatic rings. The Balaban J connectivity index is 1.29. The summed E-state index contributed by atoms with van der Waals surface area (Å²) in [5.41, 5.74) is 12.3.